The number of carbonyl (C=O) groups excluding carboxylic acids is 2. The standard InChI is InChI=1S/C23H24ClNO4S/c24-13-8-10-14(11-9-13)25-22(27)21-17-6-3-7-19(17)30-20(21)12-18(26)15-4-1-2-5-16(15)23(28)29/h8-11,15-16H,1-7,12H2,(H,25,27)(H,28,29). The van der Waals surface area contributed by atoms with Crippen LogP contribution < -0.4 is 5.32 Å². The monoisotopic (exact) mass is 445 g/mol. The zero-order valence-electron chi connectivity index (χ0n) is 16.6. The molecule has 158 valence electrons. The van der Waals surface area contributed by atoms with Crippen molar-refractivity contribution in [2.75, 3.05) is 5.32 Å². The average molecular weight is 446 g/mol. The molecule has 30 heavy (non-hydrogen) atoms. The number of carbonyl (C=O) groups is 3. The van der Waals surface area contributed by atoms with E-state index in [0.717, 1.165) is 42.5 Å². The first-order valence-corrected chi connectivity index (χ1v) is 11.6. The van der Waals surface area contributed by atoms with E-state index in [0.29, 0.717) is 29.1 Å². The highest BCUT2D eigenvalue weighted by atomic mass is 35.5. The zero-order valence-corrected chi connectivity index (χ0v) is 18.2. The van der Waals surface area contributed by atoms with Crippen molar-refractivity contribution >= 4 is 46.3 Å². The fourth-order valence-corrected chi connectivity index (χ4v) is 6.21. The van der Waals surface area contributed by atoms with Gasteiger partial charge in [0.1, 0.15) is 5.78 Å². The molecule has 2 N–H and O–H groups in total. The summed E-state index contributed by atoms with van der Waals surface area (Å²) in [6.45, 7) is 0. The minimum absolute atomic E-state index is 0.0532. The van der Waals surface area contributed by atoms with Crippen LogP contribution >= 0.6 is 22.9 Å². The highest BCUT2D eigenvalue weighted by Crippen LogP contribution is 2.38. The molecule has 2 aliphatic carbocycles. The Kier molecular flexibility index (Phi) is 6.25. The smallest absolute Gasteiger partial charge is 0.307 e. The van der Waals surface area contributed by atoms with Gasteiger partial charge < -0.3 is 10.4 Å². The number of aryl methyl sites for hydroxylation is 1. The molecule has 0 bridgehead atoms. The summed E-state index contributed by atoms with van der Waals surface area (Å²) in [5, 5.41) is 13.0. The van der Waals surface area contributed by atoms with Crippen molar-refractivity contribution in [3.05, 3.63) is 50.2 Å². The van der Waals surface area contributed by atoms with Crippen LogP contribution in [0.25, 0.3) is 0 Å². The molecule has 5 nitrogen and oxygen atoms in total. The number of anilines is 1. The Morgan fingerprint density at radius 2 is 1.73 bits per heavy atom. The highest BCUT2D eigenvalue weighted by Gasteiger charge is 2.36. The number of rotatable bonds is 6. The largest absolute Gasteiger partial charge is 0.481 e. The summed E-state index contributed by atoms with van der Waals surface area (Å²) in [6.07, 6.45) is 5.81. The Bertz CT molecular complexity index is 982. The zero-order chi connectivity index (χ0) is 21.3. The van der Waals surface area contributed by atoms with Gasteiger partial charge in [-0.3, -0.25) is 14.4 Å². The van der Waals surface area contributed by atoms with Gasteiger partial charge in [0.25, 0.3) is 5.91 Å². The summed E-state index contributed by atoms with van der Waals surface area (Å²) < 4.78 is 0. The molecule has 1 fully saturated rings. The van der Waals surface area contributed by atoms with Crippen LogP contribution in [0.15, 0.2) is 24.3 Å². The number of Topliss-reactive ketones (excluding diaryl/α,β-unsaturated/α-hetero) is 1. The van der Waals surface area contributed by atoms with E-state index in [2.05, 4.69) is 5.32 Å². The van der Waals surface area contributed by atoms with Gasteiger partial charge in [-0.1, -0.05) is 24.4 Å². The first kappa shape index (κ1) is 21.1. The molecule has 1 aromatic heterocycles. The predicted octanol–water partition coefficient (Wildman–Crippen LogP) is 5.15. The summed E-state index contributed by atoms with van der Waals surface area (Å²) in [5.74, 6) is -2.22. The Balaban J connectivity index is 1.58. The number of ketones is 1. The fraction of sp³-hybridized carbons (Fsp3) is 0.435. The predicted molar refractivity (Wildman–Crippen MR) is 118 cm³/mol. The highest BCUT2D eigenvalue weighted by molar-refractivity contribution is 7.12. The van der Waals surface area contributed by atoms with Crippen molar-refractivity contribution in [3.8, 4) is 0 Å². The van der Waals surface area contributed by atoms with E-state index in [1.807, 2.05) is 0 Å². The molecule has 0 aliphatic heterocycles. The molecule has 0 radical (unpaired) electrons. The minimum atomic E-state index is -0.887. The van der Waals surface area contributed by atoms with Gasteiger partial charge >= 0.3 is 5.97 Å². The molecule has 2 aromatic rings. The van der Waals surface area contributed by atoms with Crippen molar-refractivity contribution in [2.45, 2.75) is 51.4 Å². The number of carboxylic acid groups (broad SMARTS) is 1. The van der Waals surface area contributed by atoms with Gasteiger partial charge in [0.2, 0.25) is 0 Å². The summed E-state index contributed by atoms with van der Waals surface area (Å²) in [4.78, 5) is 39.8. The van der Waals surface area contributed by atoms with E-state index in [9.17, 15) is 19.5 Å². The molecule has 7 heteroatoms. The van der Waals surface area contributed by atoms with Crippen LogP contribution in [0.4, 0.5) is 5.69 Å². The van der Waals surface area contributed by atoms with Crippen molar-refractivity contribution < 1.29 is 19.5 Å². The first-order chi connectivity index (χ1) is 14.4. The maximum Gasteiger partial charge on any atom is 0.307 e. The molecular formula is C23H24ClNO4S. The number of aliphatic carboxylic acids is 1. The number of benzene rings is 1. The third-order valence-electron chi connectivity index (χ3n) is 6.15. The van der Waals surface area contributed by atoms with E-state index in [1.54, 1.807) is 35.6 Å². The fourth-order valence-electron chi connectivity index (χ4n) is 4.68. The van der Waals surface area contributed by atoms with Crippen LogP contribution in [-0.2, 0) is 28.9 Å². The van der Waals surface area contributed by atoms with Crippen LogP contribution in [-0.4, -0.2) is 22.8 Å². The Labute approximate surface area is 184 Å². The molecule has 2 aliphatic rings. The number of carboxylic acids is 1. The van der Waals surface area contributed by atoms with E-state index in [-0.39, 0.29) is 18.1 Å². The maximum atomic E-state index is 13.1. The lowest BCUT2D eigenvalue weighted by Crippen LogP contribution is -2.33. The quantitative estimate of drug-likeness (QED) is 0.644. The number of thiophene rings is 1. The first-order valence-electron chi connectivity index (χ1n) is 10.4. The lowest BCUT2D eigenvalue weighted by Gasteiger charge is -2.27. The Morgan fingerprint density at radius 3 is 2.43 bits per heavy atom. The van der Waals surface area contributed by atoms with Crippen LogP contribution in [0, 0.1) is 11.8 Å². The van der Waals surface area contributed by atoms with Crippen molar-refractivity contribution in [1.29, 1.82) is 0 Å². The van der Waals surface area contributed by atoms with E-state index >= 15 is 0 Å². The minimum Gasteiger partial charge on any atom is -0.481 e. The lowest BCUT2D eigenvalue weighted by atomic mass is 9.76. The molecule has 1 saturated carbocycles. The topological polar surface area (TPSA) is 83.5 Å². The van der Waals surface area contributed by atoms with Gasteiger partial charge in [-0.2, -0.15) is 0 Å². The van der Waals surface area contributed by atoms with Crippen LogP contribution in [0.3, 0.4) is 0 Å². The van der Waals surface area contributed by atoms with Gasteiger partial charge in [0, 0.05) is 32.8 Å². The number of fused-ring (bicyclic) bond motifs is 1. The van der Waals surface area contributed by atoms with Crippen LogP contribution in [0.5, 0.6) is 0 Å². The molecule has 1 aromatic carbocycles. The van der Waals surface area contributed by atoms with Crippen molar-refractivity contribution in [3.63, 3.8) is 0 Å². The molecule has 0 saturated heterocycles. The van der Waals surface area contributed by atoms with E-state index in [1.165, 1.54) is 4.88 Å². The normalized spacial score (nSPS) is 20.6. The third kappa shape index (κ3) is 4.30. The Morgan fingerprint density at radius 1 is 1.03 bits per heavy atom. The van der Waals surface area contributed by atoms with E-state index < -0.39 is 17.8 Å². The SMILES string of the molecule is O=C(Nc1ccc(Cl)cc1)c1c(CC(=O)C2CCCCC2C(=O)O)sc2c1CCC2. The molecule has 2 unspecified atom stereocenters. The summed E-state index contributed by atoms with van der Waals surface area (Å²) in [6, 6.07) is 6.93. The molecule has 1 heterocycles. The van der Waals surface area contributed by atoms with E-state index in [4.69, 9.17) is 11.6 Å². The summed E-state index contributed by atoms with van der Waals surface area (Å²) in [7, 11) is 0. The van der Waals surface area contributed by atoms with Gasteiger partial charge in [0.15, 0.2) is 0 Å². The number of nitrogens with one attached hydrogen (secondary N) is 1. The second-order valence-electron chi connectivity index (χ2n) is 8.10. The van der Waals surface area contributed by atoms with Crippen molar-refractivity contribution in [1.82, 2.24) is 0 Å². The molecular weight excluding hydrogens is 422 g/mol. The van der Waals surface area contributed by atoms with Crippen LogP contribution in [0.2, 0.25) is 5.02 Å². The number of halogens is 1. The number of amides is 1. The van der Waals surface area contributed by atoms with Gasteiger partial charge in [-0.15, -0.1) is 11.3 Å². The van der Waals surface area contributed by atoms with Crippen LogP contribution in [0.1, 0.15) is 57.8 Å². The Hall–Kier alpha value is -2.18. The maximum absolute atomic E-state index is 13.1. The second kappa shape index (κ2) is 8.90. The van der Waals surface area contributed by atoms with Crippen molar-refractivity contribution in [2.24, 2.45) is 11.8 Å². The van der Waals surface area contributed by atoms with Gasteiger partial charge in [-0.05, 0) is 61.9 Å². The summed E-state index contributed by atoms with van der Waals surface area (Å²) in [5.41, 5.74) is 2.31. The number of hydrogen-bond acceptors (Lipinski definition) is 4. The number of hydrogen-bond donors (Lipinski definition) is 2. The average Bonchev–Trinajstić information content (AvgIpc) is 3.30. The molecule has 1 amide bonds. The second-order valence-corrected chi connectivity index (χ2v) is 9.72. The third-order valence-corrected chi connectivity index (χ3v) is 7.70. The summed E-state index contributed by atoms with van der Waals surface area (Å²) >= 11 is 7.47. The molecule has 0 spiro atoms. The molecule has 2 atom stereocenters. The van der Waals surface area contributed by atoms with Gasteiger partial charge in [-0.25, -0.2) is 0 Å². The molecule has 4 rings (SSSR count). The van der Waals surface area contributed by atoms with Gasteiger partial charge in [0.05, 0.1) is 11.5 Å². The lowest BCUT2D eigenvalue weighted by molar-refractivity contribution is -0.148.